The Kier molecular flexibility index (Phi) is 5.86. The van der Waals surface area contributed by atoms with Crippen LogP contribution >= 0.6 is 24.8 Å². The molecule has 1 N–H and O–H groups in total. The third-order valence-electron chi connectivity index (χ3n) is 3.74. The minimum Gasteiger partial charge on any atom is -0.314 e. The van der Waals surface area contributed by atoms with Crippen molar-refractivity contribution in [1.82, 2.24) is 10.2 Å². The van der Waals surface area contributed by atoms with Crippen LogP contribution in [0.3, 0.4) is 0 Å². The van der Waals surface area contributed by atoms with E-state index in [1.54, 1.807) is 12.1 Å². The molecule has 2 nitrogen and oxygen atoms in total. The number of aryl methyl sites for hydroxylation is 1. The molecule has 1 saturated heterocycles. The lowest BCUT2D eigenvalue weighted by atomic mass is 10.1. The summed E-state index contributed by atoms with van der Waals surface area (Å²) in [6, 6.07) is 5.80. The molecule has 1 fully saturated rings. The molecule has 0 amide bonds. The number of hydrogen-bond acceptors (Lipinski definition) is 2. The smallest absolute Gasteiger partial charge is 0.123 e. The van der Waals surface area contributed by atoms with Crippen LogP contribution in [0.4, 0.5) is 4.39 Å². The summed E-state index contributed by atoms with van der Waals surface area (Å²) in [4.78, 5) is 2.53. The predicted octanol–water partition coefficient (Wildman–Crippen LogP) is 2.56. The lowest BCUT2D eigenvalue weighted by Crippen LogP contribution is -2.44. The quantitative estimate of drug-likeness (QED) is 0.856. The zero-order valence-electron chi connectivity index (χ0n) is 10.2. The van der Waals surface area contributed by atoms with Gasteiger partial charge in [-0.2, -0.15) is 0 Å². The fourth-order valence-corrected chi connectivity index (χ4v) is 2.94. The molecule has 1 heterocycles. The summed E-state index contributed by atoms with van der Waals surface area (Å²) in [6.45, 7) is 4.38. The molecule has 5 heteroatoms. The summed E-state index contributed by atoms with van der Waals surface area (Å²) in [5.41, 5.74) is 2.56. The normalized spacial score (nSPS) is 22.8. The van der Waals surface area contributed by atoms with E-state index in [1.807, 2.05) is 6.07 Å². The van der Waals surface area contributed by atoms with E-state index in [4.69, 9.17) is 0 Å². The highest BCUT2D eigenvalue weighted by molar-refractivity contribution is 5.85. The van der Waals surface area contributed by atoms with E-state index >= 15 is 0 Å². The number of benzene rings is 1. The van der Waals surface area contributed by atoms with Crippen molar-refractivity contribution in [2.45, 2.75) is 18.9 Å². The van der Waals surface area contributed by atoms with Crippen molar-refractivity contribution in [2.75, 3.05) is 26.2 Å². The van der Waals surface area contributed by atoms with Gasteiger partial charge in [0, 0.05) is 32.2 Å². The average molecular weight is 293 g/mol. The van der Waals surface area contributed by atoms with Crippen LogP contribution < -0.4 is 5.32 Å². The van der Waals surface area contributed by atoms with Gasteiger partial charge >= 0.3 is 0 Å². The van der Waals surface area contributed by atoms with Crippen molar-refractivity contribution in [1.29, 1.82) is 0 Å². The molecule has 1 aliphatic heterocycles. The van der Waals surface area contributed by atoms with Crippen molar-refractivity contribution < 1.29 is 4.39 Å². The number of halogens is 3. The molecular formula is C13H19Cl2FN2. The topological polar surface area (TPSA) is 15.3 Å². The Morgan fingerprint density at radius 3 is 2.61 bits per heavy atom. The molecule has 2 aliphatic rings. The number of hydrogen-bond donors (Lipinski definition) is 1. The molecule has 0 saturated carbocycles. The van der Waals surface area contributed by atoms with Gasteiger partial charge in [-0.25, -0.2) is 4.39 Å². The van der Waals surface area contributed by atoms with Gasteiger partial charge in [-0.05, 0) is 36.1 Å². The maximum Gasteiger partial charge on any atom is 0.123 e. The Hall–Kier alpha value is -0.350. The summed E-state index contributed by atoms with van der Waals surface area (Å²) in [6.07, 6.45) is 2.18. The fourth-order valence-electron chi connectivity index (χ4n) is 2.94. The first kappa shape index (κ1) is 15.7. The molecule has 102 valence electrons. The van der Waals surface area contributed by atoms with E-state index in [0.29, 0.717) is 6.04 Å². The third-order valence-corrected chi connectivity index (χ3v) is 3.74. The molecule has 18 heavy (non-hydrogen) atoms. The van der Waals surface area contributed by atoms with Crippen molar-refractivity contribution in [2.24, 2.45) is 0 Å². The molecule has 0 spiro atoms. The molecule has 0 aromatic heterocycles. The second-order valence-electron chi connectivity index (χ2n) is 4.68. The van der Waals surface area contributed by atoms with Gasteiger partial charge in [-0.1, -0.05) is 6.07 Å². The Morgan fingerprint density at radius 1 is 1.17 bits per heavy atom. The summed E-state index contributed by atoms with van der Waals surface area (Å²) in [5, 5.41) is 3.37. The molecule has 3 rings (SSSR count). The number of rotatable bonds is 1. The zero-order valence-corrected chi connectivity index (χ0v) is 11.8. The highest BCUT2D eigenvalue weighted by atomic mass is 35.5. The van der Waals surface area contributed by atoms with E-state index in [9.17, 15) is 4.39 Å². The van der Waals surface area contributed by atoms with Crippen LogP contribution in [0, 0.1) is 5.82 Å². The first-order valence-corrected chi connectivity index (χ1v) is 6.08. The second-order valence-corrected chi connectivity index (χ2v) is 4.68. The van der Waals surface area contributed by atoms with Crippen LogP contribution in [0.15, 0.2) is 18.2 Å². The number of fused-ring (bicyclic) bond motifs is 1. The Bertz CT molecular complexity index is 395. The van der Waals surface area contributed by atoms with Crippen molar-refractivity contribution in [3.05, 3.63) is 35.1 Å². The monoisotopic (exact) mass is 292 g/mol. The first-order valence-electron chi connectivity index (χ1n) is 6.08. The number of nitrogens with one attached hydrogen (secondary N) is 1. The summed E-state index contributed by atoms with van der Waals surface area (Å²) in [5.74, 6) is -0.0975. The van der Waals surface area contributed by atoms with Gasteiger partial charge in [0.25, 0.3) is 0 Å². The first-order chi connectivity index (χ1) is 7.84. The maximum atomic E-state index is 13.1. The highest BCUT2D eigenvalue weighted by Gasteiger charge is 2.28. The van der Waals surface area contributed by atoms with Gasteiger partial charge in [0.2, 0.25) is 0 Å². The number of piperazine rings is 1. The van der Waals surface area contributed by atoms with Crippen LogP contribution in [0.5, 0.6) is 0 Å². The van der Waals surface area contributed by atoms with Crippen LogP contribution in [0.1, 0.15) is 23.6 Å². The lowest BCUT2D eigenvalue weighted by molar-refractivity contribution is 0.173. The van der Waals surface area contributed by atoms with Gasteiger partial charge in [-0.15, -0.1) is 24.8 Å². The van der Waals surface area contributed by atoms with Gasteiger partial charge in [0.1, 0.15) is 5.82 Å². The van der Waals surface area contributed by atoms with Gasteiger partial charge in [-0.3, -0.25) is 4.90 Å². The van der Waals surface area contributed by atoms with Crippen molar-refractivity contribution >= 4 is 24.8 Å². The van der Waals surface area contributed by atoms with Crippen LogP contribution in [-0.2, 0) is 6.42 Å². The minimum atomic E-state index is -0.0975. The standard InChI is InChI=1S/C13H17FN2.2ClH/c14-11-2-3-12-10(9-11)1-4-13(12)16-7-5-15-6-8-16;;/h2-3,9,13,15H,1,4-8H2;2*1H. The van der Waals surface area contributed by atoms with E-state index in [0.717, 1.165) is 39.0 Å². The summed E-state index contributed by atoms with van der Waals surface area (Å²) < 4.78 is 13.1. The predicted molar refractivity (Wildman–Crippen MR) is 76.4 cm³/mol. The molecule has 1 aromatic carbocycles. The Labute approximate surface area is 120 Å². The third kappa shape index (κ3) is 2.97. The van der Waals surface area contributed by atoms with Crippen molar-refractivity contribution in [3.8, 4) is 0 Å². The fraction of sp³-hybridized carbons (Fsp3) is 0.538. The minimum absolute atomic E-state index is 0. The molecule has 1 aromatic rings. The molecule has 1 aliphatic carbocycles. The molecule has 1 unspecified atom stereocenters. The number of nitrogens with zero attached hydrogens (tertiary/aromatic N) is 1. The molecule has 0 bridgehead atoms. The van der Waals surface area contributed by atoms with Gasteiger partial charge in [0.15, 0.2) is 0 Å². The van der Waals surface area contributed by atoms with E-state index in [1.165, 1.54) is 11.1 Å². The Morgan fingerprint density at radius 2 is 1.89 bits per heavy atom. The van der Waals surface area contributed by atoms with E-state index in [-0.39, 0.29) is 30.6 Å². The average Bonchev–Trinajstić information content (AvgIpc) is 2.73. The molecule has 1 atom stereocenters. The van der Waals surface area contributed by atoms with Gasteiger partial charge < -0.3 is 5.32 Å². The van der Waals surface area contributed by atoms with Crippen molar-refractivity contribution in [3.63, 3.8) is 0 Å². The van der Waals surface area contributed by atoms with Crippen LogP contribution in [0.25, 0.3) is 0 Å². The lowest BCUT2D eigenvalue weighted by Gasteiger charge is -2.33. The van der Waals surface area contributed by atoms with E-state index < -0.39 is 0 Å². The highest BCUT2D eigenvalue weighted by Crippen LogP contribution is 2.35. The summed E-state index contributed by atoms with van der Waals surface area (Å²) >= 11 is 0. The van der Waals surface area contributed by atoms with E-state index in [2.05, 4.69) is 10.2 Å². The summed E-state index contributed by atoms with van der Waals surface area (Å²) in [7, 11) is 0. The zero-order chi connectivity index (χ0) is 11.0. The van der Waals surface area contributed by atoms with Gasteiger partial charge in [0.05, 0.1) is 0 Å². The Balaban J connectivity index is 0.000000810. The molecule has 0 radical (unpaired) electrons. The largest absolute Gasteiger partial charge is 0.314 e. The van der Waals surface area contributed by atoms with Crippen LogP contribution in [0.2, 0.25) is 0 Å². The second kappa shape index (κ2) is 6.71. The SMILES string of the molecule is Cl.Cl.Fc1ccc2c(c1)CCC2N1CCNCC1. The molecular weight excluding hydrogens is 274 g/mol. The van der Waals surface area contributed by atoms with Crippen LogP contribution in [-0.4, -0.2) is 31.1 Å². The maximum absolute atomic E-state index is 13.1.